The Hall–Kier alpha value is -1.88. The first kappa shape index (κ1) is 12.2. The van der Waals surface area contributed by atoms with Gasteiger partial charge in [-0.15, -0.1) is 0 Å². The van der Waals surface area contributed by atoms with Gasteiger partial charge in [0.2, 0.25) is 0 Å². The Morgan fingerprint density at radius 3 is 2.05 bits per heavy atom. The molecule has 0 unspecified atom stereocenters. The Labute approximate surface area is 110 Å². The summed E-state index contributed by atoms with van der Waals surface area (Å²) in [6.07, 6.45) is 0.260. The van der Waals surface area contributed by atoms with Gasteiger partial charge in [-0.3, -0.25) is 14.5 Å². The van der Waals surface area contributed by atoms with Crippen LogP contribution in [-0.4, -0.2) is 40.1 Å². The van der Waals surface area contributed by atoms with Gasteiger partial charge in [0.1, 0.15) is 0 Å². The fourth-order valence-corrected chi connectivity index (χ4v) is 3.35. The summed E-state index contributed by atoms with van der Waals surface area (Å²) in [5.74, 6) is -1.96. The van der Waals surface area contributed by atoms with Crippen molar-refractivity contribution in [2.75, 3.05) is 13.1 Å². The molecule has 2 atom stereocenters. The first-order valence-electron chi connectivity index (χ1n) is 6.23. The van der Waals surface area contributed by atoms with E-state index in [0.717, 1.165) is 5.56 Å². The van der Waals surface area contributed by atoms with Gasteiger partial charge in [0, 0.05) is 19.6 Å². The van der Waals surface area contributed by atoms with Crippen LogP contribution in [0, 0.1) is 10.8 Å². The number of carboxylic acid groups (broad SMARTS) is 2. The van der Waals surface area contributed by atoms with Gasteiger partial charge >= 0.3 is 11.9 Å². The maximum Gasteiger partial charge on any atom is 0.312 e. The molecule has 0 amide bonds. The molecule has 1 saturated carbocycles. The van der Waals surface area contributed by atoms with Gasteiger partial charge in [0.15, 0.2) is 0 Å². The maximum absolute atomic E-state index is 11.4. The molecule has 1 saturated heterocycles. The lowest BCUT2D eigenvalue weighted by Crippen LogP contribution is -2.28. The van der Waals surface area contributed by atoms with Crippen LogP contribution < -0.4 is 0 Å². The highest BCUT2D eigenvalue weighted by molar-refractivity contribution is 5.94. The standard InChI is InChI=1S/C14H15NO4/c16-11(17)13-7-14(13,12(18)19)9-15(8-13)6-10-4-2-1-3-5-10/h1-5H,6-9H2,(H,16,17)(H,18,19)/t13-,14+. The van der Waals surface area contributed by atoms with E-state index in [1.165, 1.54) is 0 Å². The van der Waals surface area contributed by atoms with Gasteiger partial charge in [-0.05, 0) is 12.0 Å². The van der Waals surface area contributed by atoms with E-state index in [9.17, 15) is 19.8 Å². The van der Waals surface area contributed by atoms with Gasteiger partial charge in [0.05, 0.1) is 10.8 Å². The third kappa shape index (κ3) is 1.58. The predicted octanol–water partition coefficient (Wildman–Crippen LogP) is 1.05. The van der Waals surface area contributed by atoms with Crippen molar-refractivity contribution >= 4 is 11.9 Å². The van der Waals surface area contributed by atoms with Crippen molar-refractivity contribution in [2.45, 2.75) is 13.0 Å². The molecule has 5 nitrogen and oxygen atoms in total. The van der Waals surface area contributed by atoms with Crippen LogP contribution >= 0.6 is 0 Å². The third-order valence-corrected chi connectivity index (χ3v) is 4.45. The van der Waals surface area contributed by atoms with Crippen LogP contribution in [0.4, 0.5) is 0 Å². The molecule has 2 aliphatic rings. The van der Waals surface area contributed by atoms with Crippen molar-refractivity contribution in [3.8, 4) is 0 Å². The van der Waals surface area contributed by atoms with E-state index in [2.05, 4.69) is 0 Å². The summed E-state index contributed by atoms with van der Waals surface area (Å²) in [5.41, 5.74) is -1.08. The molecule has 19 heavy (non-hydrogen) atoms. The fraction of sp³-hybridized carbons (Fsp3) is 0.429. The number of hydrogen-bond acceptors (Lipinski definition) is 3. The zero-order valence-electron chi connectivity index (χ0n) is 10.4. The second-order valence-electron chi connectivity index (χ2n) is 5.58. The van der Waals surface area contributed by atoms with Crippen molar-refractivity contribution in [3.63, 3.8) is 0 Å². The molecule has 2 N–H and O–H groups in total. The van der Waals surface area contributed by atoms with Crippen molar-refractivity contribution in [2.24, 2.45) is 10.8 Å². The van der Waals surface area contributed by atoms with Gasteiger partial charge in [0.25, 0.3) is 0 Å². The van der Waals surface area contributed by atoms with Crippen molar-refractivity contribution in [1.29, 1.82) is 0 Å². The van der Waals surface area contributed by atoms with E-state index in [-0.39, 0.29) is 6.42 Å². The summed E-state index contributed by atoms with van der Waals surface area (Å²) in [5, 5.41) is 18.6. The Kier molecular flexibility index (Phi) is 2.44. The summed E-state index contributed by atoms with van der Waals surface area (Å²) >= 11 is 0. The molecule has 1 heterocycles. The third-order valence-electron chi connectivity index (χ3n) is 4.45. The number of fused-ring (bicyclic) bond motifs is 1. The second kappa shape index (κ2) is 3.81. The predicted molar refractivity (Wildman–Crippen MR) is 66.5 cm³/mol. The number of rotatable bonds is 4. The lowest BCUT2D eigenvalue weighted by molar-refractivity contribution is -0.151. The van der Waals surface area contributed by atoms with Crippen LogP contribution in [0.15, 0.2) is 30.3 Å². The van der Waals surface area contributed by atoms with Gasteiger partial charge in [-0.2, -0.15) is 0 Å². The smallest absolute Gasteiger partial charge is 0.312 e. The molecule has 1 aliphatic heterocycles. The lowest BCUT2D eigenvalue weighted by atomic mass is 9.97. The minimum atomic E-state index is -1.08. The molecule has 0 bridgehead atoms. The van der Waals surface area contributed by atoms with Gasteiger partial charge < -0.3 is 10.2 Å². The average Bonchev–Trinajstić information content (AvgIpc) is 2.91. The van der Waals surface area contributed by atoms with E-state index < -0.39 is 22.8 Å². The Morgan fingerprint density at radius 1 is 1.05 bits per heavy atom. The Balaban J connectivity index is 1.79. The molecule has 0 spiro atoms. The second-order valence-corrected chi connectivity index (χ2v) is 5.58. The number of hydrogen-bond donors (Lipinski definition) is 2. The number of benzene rings is 1. The Morgan fingerprint density at radius 2 is 1.58 bits per heavy atom. The van der Waals surface area contributed by atoms with Crippen molar-refractivity contribution in [1.82, 2.24) is 4.90 Å². The van der Waals surface area contributed by atoms with Crippen LogP contribution in [0.1, 0.15) is 12.0 Å². The maximum atomic E-state index is 11.4. The van der Waals surface area contributed by atoms with Crippen LogP contribution in [0.25, 0.3) is 0 Å². The van der Waals surface area contributed by atoms with Crippen LogP contribution in [0.2, 0.25) is 0 Å². The highest BCUT2D eigenvalue weighted by Gasteiger charge is 2.80. The van der Waals surface area contributed by atoms with E-state index in [4.69, 9.17) is 0 Å². The number of aliphatic carboxylic acids is 2. The molecule has 0 aromatic heterocycles. The van der Waals surface area contributed by atoms with Crippen LogP contribution in [0.3, 0.4) is 0 Å². The molecule has 3 rings (SSSR count). The number of likely N-dealkylation sites (tertiary alicyclic amines) is 1. The summed E-state index contributed by atoms with van der Waals surface area (Å²) < 4.78 is 0. The quantitative estimate of drug-likeness (QED) is 0.847. The number of piperidine rings is 1. The van der Waals surface area contributed by atoms with Gasteiger partial charge in [-0.1, -0.05) is 30.3 Å². The van der Waals surface area contributed by atoms with E-state index in [1.807, 2.05) is 35.2 Å². The van der Waals surface area contributed by atoms with E-state index >= 15 is 0 Å². The molecule has 1 aromatic rings. The molecule has 100 valence electrons. The zero-order chi connectivity index (χ0) is 13.7. The van der Waals surface area contributed by atoms with Crippen molar-refractivity contribution in [3.05, 3.63) is 35.9 Å². The molecule has 2 fully saturated rings. The highest BCUT2D eigenvalue weighted by Crippen LogP contribution is 2.68. The summed E-state index contributed by atoms with van der Waals surface area (Å²) in [7, 11) is 0. The molecule has 1 aliphatic carbocycles. The largest absolute Gasteiger partial charge is 0.481 e. The number of carboxylic acids is 2. The topological polar surface area (TPSA) is 77.8 Å². The highest BCUT2D eigenvalue weighted by atomic mass is 16.4. The first-order valence-corrected chi connectivity index (χ1v) is 6.23. The SMILES string of the molecule is O=C(O)[C@@]12CN(Cc3ccccc3)C[C@]1(C(=O)O)C2. The molecule has 1 aromatic carbocycles. The Bertz CT molecular complexity index is 516. The molecular weight excluding hydrogens is 246 g/mol. The van der Waals surface area contributed by atoms with E-state index in [0.29, 0.717) is 19.6 Å². The van der Waals surface area contributed by atoms with Gasteiger partial charge in [-0.25, -0.2) is 0 Å². The number of carbonyl (C=O) groups is 2. The van der Waals surface area contributed by atoms with Crippen LogP contribution in [0.5, 0.6) is 0 Å². The molecule has 5 heteroatoms. The molecular formula is C14H15NO4. The van der Waals surface area contributed by atoms with E-state index in [1.54, 1.807) is 0 Å². The van der Waals surface area contributed by atoms with Crippen LogP contribution in [-0.2, 0) is 16.1 Å². The summed E-state index contributed by atoms with van der Waals surface area (Å²) in [4.78, 5) is 24.7. The monoisotopic (exact) mass is 261 g/mol. The normalized spacial score (nSPS) is 32.8. The minimum absolute atomic E-state index is 0.260. The summed E-state index contributed by atoms with van der Waals surface area (Å²) in [6.45, 7) is 1.25. The average molecular weight is 261 g/mol. The summed E-state index contributed by atoms with van der Waals surface area (Å²) in [6, 6.07) is 9.69. The van der Waals surface area contributed by atoms with Crippen molar-refractivity contribution < 1.29 is 19.8 Å². The number of nitrogens with zero attached hydrogens (tertiary/aromatic N) is 1. The minimum Gasteiger partial charge on any atom is -0.481 e. The fourth-order valence-electron chi connectivity index (χ4n) is 3.35. The molecule has 0 radical (unpaired) electrons. The zero-order valence-corrected chi connectivity index (χ0v) is 10.4. The first-order chi connectivity index (χ1) is 9.00. The lowest BCUT2D eigenvalue weighted by Gasteiger charge is -2.19.